The van der Waals surface area contributed by atoms with Crippen molar-refractivity contribution >= 4 is 5.91 Å². The predicted octanol–water partition coefficient (Wildman–Crippen LogP) is 3.65. The monoisotopic (exact) mass is 392 g/mol. The van der Waals surface area contributed by atoms with Crippen molar-refractivity contribution in [3.8, 4) is 5.69 Å². The van der Waals surface area contributed by atoms with Gasteiger partial charge >= 0.3 is 0 Å². The number of nitrogens with zero attached hydrogens (tertiary/aromatic N) is 3. The number of carbonyl (C=O) groups excluding carboxylic acids is 1. The van der Waals surface area contributed by atoms with Crippen LogP contribution < -0.4 is 5.32 Å². The van der Waals surface area contributed by atoms with Gasteiger partial charge in [0, 0.05) is 37.6 Å². The summed E-state index contributed by atoms with van der Waals surface area (Å²) in [4.78, 5) is 14.7. The lowest BCUT2D eigenvalue weighted by Gasteiger charge is -2.33. The van der Waals surface area contributed by atoms with E-state index >= 15 is 0 Å². The van der Waals surface area contributed by atoms with E-state index in [0.717, 1.165) is 38.2 Å². The van der Waals surface area contributed by atoms with Crippen LogP contribution in [0.1, 0.15) is 28.8 Å². The summed E-state index contributed by atoms with van der Waals surface area (Å²) < 4.78 is 14.9. The van der Waals surface area contributed by atoms with Crippen LogP contribution in [0.15, 0.2) is 67.0 Å². The molecule has 1 aliphatic rings. The summed E-state index contributed by atoms with van der Waals surface area (Å²) in [7, 11) is 0. The number of carbonyl (C=O) groups is 1. The maximum Gasteiger partial charge on any atom is 0.251 e. The van der Waals surface area contributed by atoms with Crippen molar-refractivity contribution in [1.29, 1.82) is 0 Å². The molecular weight excluding hydrogens is 367 g/mol. The second-order valence-electron chi connectivity index (χ2n) is 7.58. The summed E-state index contributed by atoms with van der Waals surface area (Å²) in [6.07, 6.45) is 5.95. The topological polar surface area (TPSA) is 50.2 Å². The Labute approximate surface area is 170 Å². The summed E-state index contributed by atoms with van der Waals surface area (Å²) in [5.41, 5.74) is 2.82. The average molecular weight is 392 g/mol. The summed E-state index contributed by atoms with van der Waals surface area (Å²) in [6.45, 7) is 3.54. The SMILES string of the molecule is O=C(NC[C@H]1CCCN(Cc2cccc(-n3cccn3)c2)C1)c1ccc(F)cc1. The fraction of sp³-hybridized carbons (Fsp3) is 0.304. The van der Waals surface area contributed by atoms with Crippen LogP contribution in [0.25, 0.3) is 5.69 Å². The Morgan fingerprint density at radius 1 is 1.17 bits per heavy atom. The molecule has 29 heavy (non-hydrogen) atoms. The molecule has 1 amide bonds. The third-order valence-electron chi connectivity index (χ3n) is 5.35. The lowest BCUT2D eigenvalue weighted by molar-refractivity contribution is 0.0930. The standard InChI is InChI=1S/C23H25FN4O/c24-21-9-7-20(8-10-21)23(29)25-15-19-5-2-12-27(17-19)16-18-4-1-6-22(14-18)28-13-3-11-26-28/h1,3-4,6-11,13-14,19H,2,5,12,15-17H2,(H,25,29)/t19-/m1/s1. The number of piperidine rings is 1. The molecule has 6 heteroatoms. The zero-order valence-corrected chi connectivity index (χ0v) is 16.3. The van der Waals surface area contributed by atoms with Crippen molar-refractivity contribution in [1.82, 2.24) is 20.0 Å². The third kappa shape index (κ3) is 5.09. The first-order valence-corrected chi connectivity index (χ1v) is 10.0. The molecule has 4 rings (SSSR count). The number of likely N-dealkylation sites (tertiary alicyclic amines) is 1. The first-order chi connectivity index (χ1) is 14.2. The highest BCUT2D eigenvalue weighted by Gasteiger charge is 2.21. The van der Waals surface area contributed by atoms with Gasteiger partial charge in [0.15, 0.2) is 0 Å². The zero-order valence-electron chi connectivity index (χ0n) is 16.3. The van der Waals surface area contributed by atoms with Crippen LogP contribution in [0.3, 0.4) is 0 Å². The van der Waals surface area contributed by atoms with Gasteiger partial charge in [-0.25, -0.2) is 9.07 Å². The molecule has 0 saturated carbocycles. The fourth-order valence-corrected chi connectivity index (χ4v) is 3.88. The molecule has 0 bridgehead atoms. The number of halogens is 1. The van der Waals surface area contributed by atoms with Gasteiger partial charge in [-0.15, -0.1) is 0 Å². The van der Waals surface area contributed by atoms with Gasteiger partial charge in [0.05, 0.1) is 5.69 Å². The Morgan fingerprint density at radius 3 is 2.83 bits per heavy atom. The van der Waals surface area contributed by atoms with E-state index in [0.29, 0.717) is 18.0 Å². The predicted molar refractivity (Wildman–Crippen MR) is 110 cm³/mol. The quantitative estimate of drug-likeness (QED) is 0.697. The summed E-state index contributed by atoms with van der Waals surface area (Å²) in [5.74, 6) is -0.0578. The Bertz CT molecular complexity index is 940. The lowest BCUT2D eigenvalue weighted by atomic mass is 9.97. The van der Waals surface area contributed by atoms with Gasteiger partial charge in [0.1, 0.15) is 5.82 Å². The van der Waals surface area contributed by atoms with E-state index < -0.39 is 0 Å². The van der Waals surface area contributed by atoms with E-state index in [2.05, 4.69) is 39.6 Å². The molecular formula is C23H25FN4O. The molecule has 1 aromatic heterocycles. The van der Waals surface area contributed by atoms with E-state index in [1.807, 2.05) is 16.9 Å². The normalized spacial score (nSPS) is 17.2. The van der Waals surface area contributed by atoms with Gasteiger partial charge < -0.3 is 5.32 Å². The van der Waals surface area contributed by atoms with Gasteiger partial charge in [0.25, 0.3) is 5.91 Å². The molecule has 1 saturated heterocycles. The Morgan fingerprint density at radius 2 is 2.03 bits per heavy atom. The van der Waals surface area contributed by atoms with E-state index in [1.54, 1.807) is 6.20 Å². The van der Waals surface area contributed by atoms with E-state index in [9.17, 15) is 9.18 Å². The zero-order chi connectivity index (χ0) is 20.1. The molecule has 1 atom stereocenters. The van der Waals surface area contributed by atoms with Crippen LogP contribution in [0.2, 0.25) is 0 Å². The lowest BCUT2D eigenvalue weighted by Crippen LogP contribution is -2.40. The molecule has 0 radical (unpaired) electrons. The molecule has 0 unspecified atom stereocenters. The first-order valence-electron chi connectivity index (χ1n) is 10.0. The first kappa shape index (κ1) is 19.3. The van der Waals surface area contributed by atoms with Crippen molar-refractivity contribution in [3.63, 3.8) is 0 Å². The Kier molecular flexibility index (Phi) is 6.00. The smallest absolute Gasteiger partial charge is 0.251 e. The van der Waals surface area contributed by atoms with Gasteiger partial charge in [-0.3, -0.25) is 9.69 Å². The fourth-order valence-electron chi connectivity index (χ4n) is 3.88. The molecule has 1 N–H and O–H groups in total. The van der Waals surface area contributed by atoms with Crippen LogP contribution in [0.5, 0.6) is 0 Å². The highest BCUT2D eigenvalue weighted by atomic mass is 19.1. The van der Waals surface area contributed by atoms with Crippen molar-refractivity contribution in [2.24, 2.45) is 5.92 Å². The molecule has 1 aliphatic heterocycles. The van der Waals surface area contributed by atoms with Crippen LogP contribution in [0.4, 0.5) is 4.39 Å². The average Bonchev–Trinajstić information content (AvgIpc) is 3.28. The number of aromatic nitrogens is 2. The van der Waals surface area contributed by atoms with E-state index in [1.165, 1.54) is 29.8 Å². The molecule has 0 aliphatic carbocycles. The van der Waals surface area contributed by atoms with Crippen molar-refractivity contribution < 1.29 is 9.18 Å². The molecule has 2 aromatic carbocycles. The second kappa shape index (κ2) is 9.01. The summed E-state index contributed by atoms with van der Waals surface area (Å²) >= 11 is 0. The highest BCUT2D eigenvalue weighted by molar-refractivity contribution is 5.94. The van der Waals surface area contributed by atoms with Crippen molar-refractivity contribution in [3.05, 3.63) is 83.9 Å². The van der Waals surface area contributed by atoms with Gasteiger partial charge in [-0.1, -0.05) is 12.1 Å². The van der Waals surface area contributed by atoms with Crippen LogP contribution >= 0.6 is 0 Å². The number of hydrogen-bond acceptors (Lipinski definition) is 3. The minimum Gasteiger partial charge on any atom is -0.352 e. The number of benzene rings is 2. The van der Waals surface area contributed by atoms with Gasteiger partial charge in [0.2, 0.25) is 0 Å². The largest absolute Gasteiger partial charge is 0.352 e. The molecule has 2 heterocycles. The number of rotatable bonds is 6. The van der Waals surface area contributed by atoms with Gasteiger partial charge in [-0.05, 0) is 73.3 Å². The van der Waals surface area contributed by atoms with Crippen molar-refractivity contribution in [2.45, 2.75) is 19.4 Å². The Hall–Kier alpha value is -2.99. The molecule has 1 fully saturated rings. The van der Waals surface area contributed by atoms with E-state index in [-0.39, 0.29) is 11.7 Å². The minimum atomic E-state index is -0.332. The molecule has 150 valence electrons. The van der Waals surface area contributed by atoms with Crippen molar-refractivity contribution in [2.75, 3.05) is 19.6 Å². The van der Waals surface area contributed by atoms with E-state index in [4.69, 9.17) is 0 Å². The highest BCUT2D eigenvalue weighted by Crippen LogP contribution is 2.19. The number of hydrogen-bond donors (Lipinski definition) is 1. The third-order valence-corrected chi connectivity index (χ3v) is 5.35. The molecule has 3 aromatic rings. The Balaban J connectivity index is 1.31. The molecule has 5 nitrogen and oxygen atoms in total. The van der Waals surface area contributed by atoms with Gasteiger partial charge in [-0.2, -0.15) is 5.10 Å². The second-order valence-corrected chi connectivity index (χ2v) is 7.58. The van der Waals surface area contributed by atoms with Crippen LogP contribution in [-0.2, 0) is 6.54 Å². The maximum atomic E-state index is 13.0. The summed E-state index contributed by atoms with van der Waals surface area (Å²) in [5, 5.41) is 7.30. The minimum absolute atomic E-state index is 0.144. The number of nitrogens with one attached hydrogen (secondary N) is 1. The van der Waals surface area contributed by atoms with Crippen LogP contribution in [0, 0.1) is 11.7 Å². The number of amides is 1. The summed E-state index contributed by atoms with van der Waals surface area (Å²) in [6, 6.07) is 16.0. The van der Waals surface area contributed by atoms with Crippen LogP contribution in [-0.4, -0.2) is 40.2 Å². The molecule has 0 spiro atoms. The maximum absolute atomic E-state index is 13.0.